The number of amides is 1. The number of nitrogens with zero attached hydrogens (tertiary/aromatic N) is 3. The first kappa shape index (κ1) is 22.6. The van der Waals surface area contributed by atoms with Crippen molar-refractivity contribution in [3.63, 3.8) is 0 Å². The number of likely N-dealkylation sites (N-methyl/N-ethyl adjacent to an activating group) is 1. The lowest BCUT2D eigenvalue weighted by molar-refractivity contribution is 0.159. The molecule has 1 amide bonds. The van der Waals surface area contributed by atoms with Crippen molar-refractivity contribution in [1.29, 1.82) is 0 Å². The molecule has 21 heavy (non-hydrogen) atoms. The monoisotopic (exact) mass is 425 g/mol. The van der Waals surface area contributed by atoms with Gasteiger partial charge in [0, 0.05) is 18.8 Å². The molecule has 0 unspecified atom stereocenters. The van der Waals surface area contributed by atoms with Gasteiger partial charge in [-0.3, -0.25) is 4.90 Å². The van der Waals surface area contributed by atoms with Gasteiger partial charge in [-0.15, -0.1) is 34.0 Å². The fourth-order valence-corrected chi connectivity index (χ4v) is 1.76. The van der Waals surface area contributed by atoms with Crippen molar-refractivity contribution in [1.82, 2.24) is 9.88 Å². The highest BCUT2D eigenvalue weighted by Crippen LogP contribution is 2.15. The molecular formula is C14H25Br2N3O2. The Morgan fingerprint density at radius 3 is 2.29 bits per heavy atom. The minimum atomic E-state index is -0.346. The molecule has 0 aromatic carbocycles. The van der Waals surface area contributed by atoms with Gasteiger partial charge in [0.15, 0.2) is 0 Å². The predicted molar refractivity (Wildman–Crippen MR) is 97.3 cm³/mol. The van der Waals surface area contributed by atoms with Gasteiger partial charge < -0.3 is 9.64 Å². The maximum Gasteiger partial charge on any atom is 0.415 e. The Kier molecular flexibility index (Phi) is 11.8. The number of aryl methyl sites for hydroxylation is 2. The second-order valence-corrected chi connectivity index (χ2v) is 4.80. The summed E-state index contributed by atoms with van der Waals surface area (Å²) in [5.41, 5.74) is 1.98. The van der Waals surface area contributed by atoms with Gasteiger partial charge in [-0.25, -0.2) is 9.78 Å². The van der Waals surface area contributed by atoms with Crippen LogP contribution in [0.4, 0.5) is 10.6 Å². The fourth-order valence-electron chi connectivity index (χ4n) is 1.76. The lowest BCUT2D eigenvalue weighted by Crippen LogP contribution is -2.37. The number of hydrogen-bond acceptors (Lipinski definition) is 4. The average Bonchev–Trinajstić information content (AvgIpc) is 2.27. The van der Waals surface area contributed by atoms with E-state index >= 15 is 0 Å². The van der Waals surface area contributed by atoms with Gasteiger partial charge in [-0.2, -0.15) is 0 Å². The standard InChI is InChI=1S/C14H23N3O2.2BrH/c1-6-19-14(18)17(8-7-16(4)5)13-10-11(2)9-12(3)15-13;;/h9-10H,6-8H2,1-5H3;2*1H. The van der Waals surface area contributed by atoms with E-state index in [2.05, 4.69) is 4.98 Å². The number of aromatic nitrogens is 1. The zero-order valence-corrected chi connectivity index (χ0v) is 16.7. The first-order valence-corrected chi connectivity index (χ1v) is 6.48. The number of carbonyl (C=O) groups excluding carboxylic acids is 1. The van der Waals surface area contributed by atoms with Crippen LogP contribution in [-0.4, -0.2) is 49.8 Å². The van der Waals surface area contributed by atoms with Gasteiger partial charge in [-0.05, 0) is 52.6 Å². The van der Waals surface area contributed by atoms with E-state index in [0.29, 0.717) is 19.0 Å². The third-order valence-corrected chi connectivity index (χ3v) is 2.62. The maximum atomic E-state index is 12.0. The van der Waals surface area contributed by atoms with Crippen LogP contribution in [0.3, 0.4) is 0 Å². The van der Waals surface area contributed by atoms with E-state index in [1.807, 2.05) is 45.0 Å². The number of hydrogen-bond donors (Lipinski definition) is 0. The molecule has 0 fully saturated rings. The van der Waals surface area contributed by atoms with Crippen molar-refractivity contribution < 1.29 is 9.53 Å². The lowest BCUT2D eigenvalue weighted by atomic mass is 10.2. The Labute approximate surface area is 148 Å². The van der Waals surface area contributed by atoms with Crippen molar-refractivity contribution in [2.24, 2.45) is 0 Å². The zero-order valence-electron chi connectivity index (χ0n) is 13.3. The summed E-state index contributed by atoms with van der Waals surface area (Å²) in [6.07, 6.45) is -0.346. The molecule has 0 saturated heterocycles. The molecule has 1 rings (SSSR count). The van der Waals surface area contributed by atoms with Crippen molar-refractivity contribution in [2.45, 2.75) is 20.8 Å². The van der Waals surface area contributed by atoms with Crippen LogP contribution in [0.2, 0.25) is 0 Å². The van der Waals surface area contributed by atoms with Crippen LogP contribution >= 0.6 is 34.0 Å². The molecule has 0 N–H and O–H groups in total. The minimum Gasteiger partial charge on any atom is -0.449 e. The third-order valence-electron chi connectivity index (χ3n) is 2.62. The number of rotatable bonds is 5. The number of pyridine rings is 1. The van der Waals surface area contributed by atoms with Crippen LogP contribution in [0, 0.1) is 13.8 Å². The largest absolute Gasteiger partial charge is 0.449 e. The van der Waals surface area contributed by atoms with Crippen LogP contribution in [0.5, 0.6) is 0 Å². The molecule has 0 aliphatic carbocycles. The van der Waals surface area contributed by atoms with Gasteiger partial charge in [0.25, 0.3) is 0 Å². The van der Waals surface area contributed by atoms with Gasteiger partial charge >= 0.3 is 6.09 Å². The van der Waals surface area contributed by atoms with Gasteiger partial charge in [0.05, 0.1) is 6.61 Å². The predicted octanol–water partition coefficient (Wildman–Crippen LogP) is 3.38. The average molecular weight is 427 g/mol. The highest BCUT2D eigenvalue weighted by Gasteiger charge is 2.18. The second kappa shape index (κ2) is 11.0. The molecule has 7 heteroatoms. The molecule has 0 spiro atoms. The molecule has 0 radical (unpaired) electrons. The van der Waals surface area contributed by atoms with E-state index in [0.717, 1.165) is 17.8 Å². The smallest absolute Gasteiger partial charge is 0.415 e. The van der Waals surface area contributed by atoms with Crippen molar-refractivity contribution in [2.75, 3.05) is 38.7 Å². The Balaban J connectivity index is 0. The van der Waals surface area contributed by atoms with Crippen molar-refractivity contribution in [3.8, 4) is 0 Å². The Hall–Kier alpha value is -0.660. The fraction of sp³-hybridized carbons (Fsp3) is 0.571. The van der Waals surface area contributed by atoms with E-state index in [9.17, 15) is 4.79 Å². The number of anilines is 1. The third kappa shape index (κ3) is 7.78. The summed E-state index contributed by atoms with van der Waals surface area (Å²) in [6, 6.07) is 3.89. The van der Waals surface area contributed by atoms with Gasteiger partial charge in [0.2, 0.25) is 0 Å². The molecule has 122 valence electrons. The number of halogens is 2. The summed E-state index contributed by atoms with van der Waals surface area (Å²) >= 11 is 0. The summed E-state index contributed by atoms with van der Waals surface area (Å²) in [7, 11) is 3.94. The van der Waals surface area contributed by atoms with Crippen LogP contribution in [0.15, 0.2) is 12.1 Å². The highest BCUT2D eigenvalue weighted by molar-refractivity contribution is 8.93. The maximum absolute atomic E-state index is 12.0. The second-order valence-electron chi connectivity index (χ2n) is 4.80. The van der Waals surface area contributed by atoms with Crippen molar-refractivity contribution >= 4 is 45.9 Å². The van der Waals surface area contributed by atoms with Gasteiger partial charge in [-0.1, -0.05) is 0 Å². The van der Waals surface area contributed by atoms with E-state index in [1.54, 1.807) is 11.8 Å². The lowest BCUT2D eigenvalue weighted by Gasteiger charge is -2.23. The molecule has 0 atom stereocenters. The van der Waals surface area contributed by atoms with Crippen molar-refractivity contribution in [3.05, 3.63) is 23.4 Å². The SMILES string of the molecule is Br.Br.CCOC(=O)N(CCN(C)C)c1cc(C)cc(C)n1. The summed E-state index contributed by atoms with van der Waals surface area (Å²) in [5, 5.41) is 0. The zero-order chi connectivity index (χ0) is 14.4. The normalized spacial score (nSPS) is 9.62. The van der Waals surface area contributed by atoms with Crippen LogP contribution in [0.1, 0.15) is 18.2 Å². The quantitative estimate of drug-likeness (QED) is 0.723. The van der Waals surface area contributed by atoms with E-state index in [-0.39, 0.29) is 40.1 Å². The van der Waals surface area contributed by atoms with Crippen LogP contribution in [0.25, 0.3) is 0 Å². The summed E-state index contributed by atoms with van der Waals surface area (Å²) in [6.45, 7) is 7.40. The molecule has 5 nitrogen and oxygen atoms in total. The first-order valence-electron chi connectivity index (χ1n) is 6.48. The first-order chi connectivity index (χ1) is 8.93. The summed E-state index contributed by atoms with van der Waals surface area (Å²) in [5.74, 6) is 0.651. The Morgan fingerprint density at radius 1 is 1.19 bits per heavy atom. The molecule has 1 aromatic rings. The number of carbonyl (C=O) groups is 1. The Morgan fingerprint density at radius 2 is 1.81 bits per heavy atom. The summed E-state index contributed by atoms with van der Waals surface area (Å²) < 4.78 is 5.10. The van der Waals surface area contributed by atoms with Crippen LogP contribution in [-0.2, 0) is 4.74 Å². The summed E-state index contributed by atoms with van der Waals surface area (Å²) in [4.78, 5) is 20.1. The minimum absolute atomic E-state index is 0. The van der Waals surface area contributed by atoms with E-state index in [1.165, 1.54) is 0 Å². The molecule has 0 aliphatic rings. The topological polar surface area (TPSA) is 45.7 Å². The highest BCUT2D eigenvalue weighted by atomic mass is 79.9. The molecule has 1 heterocycles. The molecule has 0 aliphatic heterocycles. The molecule has 0 saturated carbocycles. The van der Waals surface area contributed by atoms with Gasteiger partial charge in [0.1, 0.15) is 5.82 Å². The number of ether oxygens (including phenoxy) is 1. The Bertz CT molecular complexity index is 422. The molecule has 0 bridgehead atoms. The molecular weight excluding hydrogens is 402 g/mol. The van der Waals surface area contributed by atoms with E-state index < -0.39 is 0 Å². The molecule has 1 aromatic heterocycles. The van der Waals surface area contributed by atoms with E-state index in [4.69, 9.17) is 4.74 Å². The van der Waals surface area contributed by atoms with Crippen LogP contribution < -0.4 is 4.90 Å².